The molecule has 0 amide bonds. The maximum Gasteiger partial charge on any atom is 0.169 e. The van der Waals surface area contributed by atoms with Gasteiger partial charge in [-0.05, 0) is 109 Å². The minimum Gasteiger partial charge on any atom is -0.493 e. The van der Waals surface area contributed by atoms with Crippen LogP contribution < -0.4 is 43.2 Å². The molecule has 10 heteroatoms. The summed E-state index contributed by atoms with van der Waals surface area (Å²) in [5, 5.41) is 3.71. The maximum absolute atomic E-state index is 6.87. The SMILES string of the molecule is COc1cc(C[C@@H]2NCCc3cc(OC)c(OC)cc32)c(Oc2cc3c(cc2OC)-c2c(OC)c(OC)cc4c2[C@H](C3)N(C)CC4)cc1OC. The summed E-state index contributed by atoms with van der Waals surface area (Å²) in [6.07, 6.45) is 3.30. The van der Waals surface area contributed by atoms with Crippen LogP contribution in [0.2, 0.25) is 0 Å². The fraction of sp³-hybridized carbons (Fsp3) is 0.400. The van der Waals surface area contributed by atoms with Crippen molar-refractivity contribution < 1.29 is 37.9 Å². The first-order valence-corrected chi connectivity index (χ1v) is 17.0. The van der Waals surface area contributed by atoms with Gasteiger partial charge in [0.1, 0.15) is 5.75 Å². The molecule has 0 radical (unpaired) electrons. The lowest BCUT2D eigenvalue weighted by Crippen LogP contribution is -2.35. The Morgan fingerprint density at radius 1 is 0.620 bits per heavy atom. The van der Waals surface area contributed by atoms with Crippen molar-refractivity contribution in [3.8, 4) is 62.9 Å². The van der Waals surface area contributed by atoms with E-state index in [0.717, 1.165) is 71.9 Å². The smallest absolute Gasteiger partial charge is 0.169 e. The number of fused-ring (bicyclic) bond motifs is 3. The fourth-order valence-electron chi connectivity index (χ4n) is 7.95. The van der Waals surface area contributed by atoms with Crippen molar-refractivity contribution >= 4 is 0 Å². The van der Waals surface area contributed by atoms with Gasteiger partial charge < -0.3 is 43.2 Å². The highest BCUT2D eigenvalue weighted by Crippen LogP contribution is 2.54. The second-order valence-corrected chi connectivity index (χ2v) is 13.0. The van der Waals surface area contributed by atoms with Gasteiger partial charge in [0.05, 0.1) is 49.8 Å². The van der Waals surface area contributed by atoms with E-state index < -0.39 is 0 Å². The zero-order valence-corrected chi connectivity index (χ0v) is 30.2. The molecule has 1 aliphatic carbocycles. The lowest BCUT2D eigenvalue weighted by molar-refractivity contribution is 0.226. The van der Waals surface area contributed by atoms with E-state index in [1.807, 2.05) is 12.1 Å². The number of methoxy groups -OCH3 is 7. The molecule has 0 saturated heterocycles. The number of likely N-dealkylation sites (N-methyl/N-ethyl adjacent to an activating group) is 1. The quantitative estimate of drug-likeness (QED) is 0.184. The predicted molar refractivity (Wildman–Crippen MR) is 192 cm³/mol. The number of nitrogens with one attached hydrogen (secondary N) is 1. The van der Waals surface area contributed by atoms with Crippen LogP contribution in [0, 0.1) is 0 Å². The Labute approximate surface area is 294 Å². The minimum atomic E-state index is -0.000540. The Morgan fingerprint density at radius 2 is 1.24 bits per heavy atom. The highest BCUT2D eigenvalue weighted by molar-refractivity contribution is 5.85. The molecule has 2 aliphatic heterocycles. The van der Waals surface area contributed by atoms with Crippen molar-refractivity contribution in [3.63, 3.8) is 0 Å². The number of hydrogen-bond donors (Lipinski definition) is 1. The molecule has 2 heterocycles. The first-order chi connectivity index (χ1) is 24.3. The van der Waals surface area contributed by atoms with Crippen LogP contribution in [-0.2, 0) is 25.7 Å². The van der Waals surface area contributed by atoms with Gasteiger partial charge >= 0.3 is 0 Å². The lowest BCUT2D eigenvalue weighted by Gasteiger charge is -2.40. The van der Waals surface area contributed by atoms with Gasteiger partial charge in [0.25, 0.3) is 0 Å². The summed E-state index contributed by atoms with van der Waals surface area (Å²) in [7, 11) is 13.9. The summed E-state index contributed by atoms with van der Waals surface area (Å²) in [6.45, 7) is 1.80. The van der Waals surface area contributed by atoms with E-state index in [0.29, 0.717) is 40.9 Å². The Hall–Kier alpha value is -4.80. The van der Waals surface area contributed by atoms with Gasteiger partial charge in [0.2, 0.25) is 0 Å². The van der Waals surface area contributed by atoms with Crippen LogP contribution in [0.3, 0.4) is 0 Å². The number of hydrogen-bond acceptors (Lipinski definition) is 10. The first kappa shape index (κ1) is 33.7. The Balaban J connectivity index is 1.32. The highest BCUT2D eigenvalue weighted by Gasteiger charge is 2.37. The summed E-state index contributed by atoms with van der Waals surface area (Å²) in [6, 6.07) is 14.6. The summed E-state index contributed by atoms with van der Waals surface area (Å²) in [4.78, 5) is 2.43. The van der Waals surface area contributed by atoms with Crippen LogP contribution in [0.25, 0.3) is 11.1 Å². The Bertz CT molecular complexity index is 1920. The summed E-state index contributed by atoms with van der Waals surface area (Å²) >= 11 is 0. The molecule has 0 bridgehead atoms. The molecule has 0 fully saturated rings. The van der Waals surface area contributed by atoms with E-state index in [-0.39, 0.29) is 12.1 Å². The molecule has 0 aromatic heterocycles. The number of rotatable bonds is 11. The van der Waals surface area contributed by atoms with E-state index in [1.165, 1.54) is 22.3 Å². The standard InChI is InChI=1S/C40H46N2O8/c1-42-12-10-23-16-37(48-7)40(49-8)39-27-20-34(46-5)36(17-24(27)14-29(42)38(23)39)50-30-21-35(47-6)32(44-3)18-25(30)13-28-26-19-33(45-4)31(43-2)15-22(26)9-11-41-28/h15-21,28-29,41H,9-14H2,1-8H3/t28-,29-/m0/s1. The molecule has 1 N–H and O–H groups in total. The lowest BCUT2D eigenvalue weighted by atomic mass is 9.76. The van der Waals surface area contributed by atoms with Gasteiger partial charge in [0, 0.05) is 35.8 Å². The second-order valence-electron chi connectivity index (χ2n) is 13.0. The zero-order valence-electron chi connectivity index (χ0n) is 30.2. The number of ether oxygens (including phenoxy) is 8. The van der Waals surface area contributed by atoms with Crippen molar-refractivity contribution in [2.45, 2.75) is 37.8 Å². The molecule has 50 heavy (non-hydrogen) atoms. The Kier molecular flexibility index (Phi) is 9.32. The minimum absolute atomic E-state index is 0.000540. The van der Waals surface area contributed by atoms with E-state index in [1.54, 1.807) is 49.8 Å². The van der Waals surface area contributed by atoms with Gasteiger partial charge in [0.15, 0.2) is 46.0 Å². The molecule has 3 aliphatic rings. The second kappa shape index (κ2) is 13.8. The monoisotopic (exact) mass is 682 g/mol. The van der Waals surface area contributed by atoms with Crippen LogP contribution >= 0.6 is 0 Å². The van der Waals surface area contributed by atoms with E-state index in [4.69, 9.17) is 37.9 Å². The molecular formula is C40H46N2O8. The number of benzene rings is 4. The van der Waals surface area contributed by atoms with Crippen LogP contribution in [-0.4, -0.2) is 74.8 Å². The third-order valence-corrected chi connectivity index (χ3v) is 10.5. The zero-order chi connectivity index (χ0) is 35.1. The van der Waals surface area contributed by atoms with Crippen molar-refractivity contribution in [3.05, 3.63) is 75.8 Å². The molecule has 0 unspecified atom stereocenters. The molecule has 0 saturated carbocycles. The van der Waals surface area contributed by atoms with Crippen LogP contribution in [0.15, 0.2) is 42.5 Å². The predicted octanol–water partition coefficient (Wildman–Crippen LogP) is 6.72. The van der Waals surface area contributed by atoms with Crippen molar-refractivity contribution in [2.24, 2.45) is 0 Å². The Morgan fingerprint density at radius 3 is 1.94 bits per heavy atom. The van der Waals surface area contributed by atoms with Crippen LogP contribution in [0.1, 0.15) is 45.5 Å². The van der Waals surface area contributed by atoms with Gasteiger partial charge in [-0.2, -0.15) is 0 Å². The number of nitrogens with zero attached hydrogens (tertiary/aromatic N) is 1. The van der Waals surface area contributed by atoms with Gasteiger partial charge in [-0.1, -0.05) is 0 Å². The van der Waals surface area contributed by atoms with Gasteiger partial charge in [-0.25, -0.2) is 0 Å². The molecule has 2 atom stereocenters. The normalized spacial score (nSPS) is 17.5. The molecule has 7 rings (SSSR count). The average molecular weight is 683 g/mol. The van der Waals surface area contributed by atoms with E-state index in [9.17, 15) is 0 Å². The summed E-state index contributed by atoms with van der Waals surface area (Å²) < 4.78 is 47.6. The van der Waals surface area contributed by atoms with Crippen LogP contribution in [0.5, 0.6) is 51.7 Å². The third-order valence-electron chi connectivity index (χ3n) is 10.5. The molecule has 264 valence electrons. The fourth-order valence-corrected chi connectivity index (χ4v) is 7.95. The van der Waals surface area contributed by atoms with Gasteiger partial charge in [-0.15, -0.1) is 0 Å². The molecule has 4 aromatic carbocycles. The van der Waals surface area contributed by atoms with E-state index >= 15 is 0 Å². The largest absolute Gasteiger partial charge is 0.493 e. The van der Waals surface area contributed by atoms with E-state index in [2.05, 4.69) is 47.6 Å². The molecular weight excluding hydrogens is 636 g/mol. The summed E-state index contributed by atoms with van der Waals surface area (Å²) in [5.74, 6) is 6.00. The average Bonchev–Trinajstić information content (AvgIpc) is 3.15. The van der Waals surface area contributed by atoms with Crippen molar-refractivity contribution in [1.29, 1.82) is 0 Å². The van der Waals surface area contributed by atoms with Crippen LogP contribution in [0.4, 0.5) is 0 Å². The maximum atomic E-state index is 6.87. The highest BCUT2D eigenvalue weighted by atomic mass is 16.5. The summed E-state index contributed by atoms with van der Waals surface area (Å²) in [5.41, 5.74) is 9.23. The molecule has 4 aromatic rings. The van der Waals surface area contributed by atoms with Gasteiger partial charge in [-0.3, -0.25) is 4.90 Å². The topological polar surface area (TPSA) is 89.1 Å². The van der Waals surface area contributed by atoms with Crippen molar-refractivity contribution in [2.75, 3.05) is 69.9 Å². The van der Waals surface area contributed by atoms with Crippen molar-refractivity contribution in [1.82, 2.24) is 10.2 Å². The molecule has 10 nitrogen and oxygen atoms in total. The third kappa shape index (κ3) is 5.70. The first-order valence-electron chi connectivity index (χ1n) is 17.0. The molecule has 0 spiro atoms.